The average molecular weight is 370 g/mol. The van der Waals surface area contributed by atoms with Crippen molar-refractivity contribution in [2.24, 2.45) is 7.05 Å². The molecule has 2 rings (SSSR count). The predicted octanol–water partition coefficient (Wildman–Crippen LogP) is 2.17. The maximum Gasteiger partial charge on any atom is 0.281 e. The minimum absolute atomic E-state index is 0.0121. The first kappa shape index (κ1) is 14.2. The van der Waals surface area contributed by atoms with Crippen LogP contribution in [0.3, 0.4) is 0 Å². The van der Waals surface area contributed by atoms with Crippen LogP contribution in [-0.4, -0.2) is 23.4 Å². The highest BCUT2D eigenvalue weighted by Gasteiger charge is 2.24. The molecule has 0 spiro atoms. The van der Waals surface area contributed by atoms with Gasteiger partial charge in [0.25, 0.3) is 10.0 Å². The summed E-state index contributed by atoms with van der Waals surface area (Å²) in [5.41, 5.74) is 0.0121. The number of nitrogens with one attached hydrogen (secondary N) is 1. The fourth-order valence-electron chi connectivity index (χ4n) is 1.42. The molecule has 0 aliphatic heterocycles. The Bertz CT molecular complexity index is 694. The van der Waals surface area contributed by atoms with E-state index in [1.165, 1.54) is 13.1 Å². The number of hydrogen-bond acceptors (Lipinski definition) is 4. The third-order valence-corrected chi connectivity index (χ3v) is 4.59. The molecule has 0 aliphatic carbocycles. The lowest BCUT2D eigenvalue weighted by Gasteiger charge is -2.08. The number of hydrogen-bond donors (Lipinski definition) is 1. The van der Waals surface area contributed by atoms with Gasteiger partial charge in [-0.1, -0.05) is 16.8 Å². The van der Waals surface area contributed by atoms with E-state index in [9.17, 15) is 12.8 Å². The van der Waals surface area contributed by atoms with Gasteiger partial charge in [0.2, 0.25) is 5.03 Å². The van der Waals surface area contributed by atoms with Gasteiger partial charge in [0.1, 0.15) is 5.82 Å². The van der Waals surface area contributed by atoms with E-state index in [1.54, 1.807) is 0 Å². The summed E-state index contributed by atoms with van der Waals surface area (Å²) < 4.78 is 40.7. The Hall–Kier alpha value is -1.19. The van der Waals surface area contributed by atoms with E-state index in [0.29, 0.717) is 0 Å². The minimum atomic E-state index is -3.95. The highest BCUT2D eigenvalue weighted by molar-refractivity contribution is 9.10. The van der Waals surface area contributed by atoms with Gasteiger partial charge in [0.05, 0.1) is 5.69 Å². The quantitative estimate of drug-likeness (QED) is 0.899. The fourth-order valence-corrected chi connectivity index (χ4v) is 3.78. The molecule has 1 aromatic carbocycles. The zero-order valence-electron chi connectivity index (χ0n) is 9.43. The Labute approximate surface area is 121 Å². The van der Waals surface area contributed by atoms with Gasteiger partial charge >= 0.3 is 0 Å². The largest absolute Gasteiger partial charge is 0.281 e. The third kappa shape index (κ3) is 3.04. The van der Waals surface area contributed by atoms with Gasteiger partial charge in [-0.2, -0.15) is 8.42 Å². The summed E-state index contributed by atoms with van der Waals surface area (Å²) in [6.07, 6.45) is 0. The van der Waals surface area contributed by atoms with Crippen molar-refractivity contribution in [3.63, 3.8) is 0 Å². The van der Waals surface area contributed by atoms with Crippen LogP contribution in [0.15, 0.2) is 27.8 Å². The topological polar surface area (TPSA) is 76.9 Å². The van der Waals surface area contributed by atoms with Crippen molar-refractivity contribution in [1.82, 2.24) is 15.0 Å². The molecular formula is C9H7BrClFN4O2S. The first-order chi connectivity index (χ1) is 8.79. The number of aromatic nitrogens is 3. The summed E-state index contributed by atoms with van der Waals surface area (Å²) in [6, 6.07) is 3.38. The highest BCUT2D eigenvalue weighted by Crippen LogP contribution is 2.24. The van der Waals surface area contributed by atoms with Crippen LogP contribution in [0.5, 0.6) is 0 Å². The summed E-state index contributed by atoms with van der Waals surface area (Å²) in [5.74, 6) is -0.646. The fraction of sp³-hybridized carbons (Fsp3) is 0.111. The molecule has 0 atom stereocenters. The molecule has 0 unspecified atom stereocenters. The summed E-state index contributed by atoms with van der Waals surface area (Å²) in [5, 5.41) is 7.04. The molecule has 0 amide bonds. The predicted molar refractivity (Wildman–Crippen MR) is 70.9 cm³/mol. The number of sulfonamides is 1. The Morgan fingerprint density at radius 2 is 2.11 bits per heavy atom. The Morgan fingerprint density at radius 3 is 2.63 bits per heavy atom. The Morgan fingerprint density at radius 1 is 1.42 bits per heavy atom. The molecule has 1 heterocycles. The number of benzene rings is 1. The van der Waals surface area contributed by atoms with Crippen molar-refractivity contribution in [3.05, 3.63) is 33.6 Å². The lowest BCUT2D eigenvalue weighted by Crippen LogP contribution is -2.17. The zero-order valence-corrected chi connectivity index (χ0v) is 12.6. The first-order valence-electron chi connectivity index (χ1n) is 4.84. The molecule has 19 heavy (non-hydrogen) atoms. The van der Waals surface area contributed by atoms with Crippen molar-refractivity contribution < 1.29 is 12.8 Å². The van der Waals surface area contributed by atoms with Crippen molar-refractivity contribution in [3.8, 4) is 0 Å². The number of halogens is 3. The van der Waals surface area contributed by atoms with E-state index >= 15 is 0 Å². The number of anilines is 1. The van der Waals surface area contributed by atoms with Crippen molar-refractivity contribution >= 4 is 43.2 Å². The normalized spacial score (nSPS) is 11.6. The van der Waals surface area contributed by atoms with Crippen LogP contribution in [0.1, 0.15) is 0 Å². The molecule has 0 fully saturated rings. The van der Waals surface area contributed by atoms with Crippen LogP contribution in [0.25, 0.3) is 0 Å². The molecule has 1 N–H and O–H groups in total. The number of nitrogens with zero attached hydrogens (tertiary/aromatic N) is 3. The lowest BCUT2D eigenvalue weighted by molar-refractivity contribution is 0.578. The van der Waals surface area contributed by atoms with Crippen LogP contribution in [0.2, 0.25) is 5.02 Å². The molecule has 6 nitrogen and oxygen atoms in total. The minimum Gasteiger partial charge on any atom is -0.278 e. The molecule has 10 heteroatoms. The summed E-state index contributed by atoms with van der Waals surface area (Å²) in [6.45, 7) is 0. The van der Waals surface area contributed by atoms with Crippen LogP contribution in [0, 0.1) is 5.82 Å². The maximum absolute atomic E-state index is 13.1. The van der Waals surface area contributed by atoms with Gasteiger partial charge in [-0.25, -0.2) is 9.07 Å². The Kier molecular flexibility index (Phi) is 3.79. The second kappa shape index (κ2) is 5.06. The van der Waals surface area contributed by atoms with Crippen LogP contribution in [0.4, 0.5) is 10.1 Å². The highest BCUT2D eigenvalue weighted by atomic mass is 79.9. The van der Waals surface area contributed by atoms with Crippen LogP contribution < -0.4 is 4.72 Å². The molecule has 0 saturated carbocycles. The van der Waals surface area contributed by atoms with Crippen molar-refractivity contribution in [2.45, 2.75) is 5.03 Å². The SMILES string of the molecule is Cn1nnc(Br)c1S(=O)(=O)Nc1cc(F)cc(Cl)c1. The monoisotopic (exact) mass is 368 g/mol. The molecule has 2 aromatic rings. The average Bonchev–Trinajstić information content (AvgIpc) is 2.56. The molecule has 102 valence electrons. The van der Waals surface area contributed by atoms with Gasteiger partial charge in [-0.05, 0) is 34.1 Å². The number of rotatable bonds is 3. The maximum atomic E-state index is 13.1. The van der Waals surface area contributed by atoms with Gasteiger partial charge in [-0.15, -0.1) is 5.10 Å². The van der Waals surface area contributed by atoms with Gasteiger partial charge < -0.3 is 0 Å². The summed E-state index contributed by atoms with van der Waals surface area (Å²) in [4.78, 5) is 0. The lowest BCUT2D eigenvalue weighted by atomic mass is 10.3. The van der Waals surface area contributed by atoms with Crippen LogP contribution >= 0.6 is 27.5 Å². The molecule has 0 bridgehead atoms. The van der Waals surface area contributed by atoms with Gasteiger partial charge in [-0.3, -0.25) is 4.72 Å². The Balaban J connectivity index is 2.42. The van der Waals surface area contributed by atoms with E-state index in [1.807, 2.05) is 0 Å². The van der Waals surface area contributed by atoms with Crippen LogP contribution in [-0.2, 0) is 17.1 Å². The van der Waals surface area contributed by atoms with E-state index < -0.39 is 15.8 Å². The van der Waals surface area contributed by atoms with E-state index in [-0.39, 0.29) is 20.3 Å². The number of aryl methyl sites for hydroxylation is 1. The van der Waals surface area contributed by atoms with E-state index in [0.717, 1.165) is 16.8 Å². The second-order valence-electron chi connectivity index (χ2n) is 3.57. The molecule has 0 saturated heterocycles. The first-order valence-corrected chi connectivity index (χ1v) is 7.49. The molecule has 0 radical (unpaired) electrons. The molecular weight excluding hydrogens is 363 g/mol. The van der Waals surface area contributed by atoms with E-state index in [4.69, 9.17) is 11.6 Å². The van der Waals surface area contributed by atoms with Gasteiger partial charge in [0.15, 0.2) is 4.60 Å². The standard InChI is InChI=1S/C9H7BrClFN4O2S/c1-16-9(8(10)13-15-16)19(17,18)14-7-3-5(11)2-6(12)4-7/h2-4,14H,1H3. The molecule has 1 aromatic heterocycles. The zero-order chi connectivity index (χ0) is 14.2. The van der Waals surface area contributed by atoms with Crippen molar-refractivity contribution in [2.75, 3.05) is 4.72 Å². The summed E-state index contributed by atoms with van der Waals surface area (Å²) in [7, 11) is -2.53. The summed E-state index contributed by atoms with van der Waals surface area (Å²) >= 11 is 8.63. The third-order valence-electron chi connectivity index (χ3n) is 2.11. The van der Waals surface area contributed by atoms with Crippen molar-refractivity contribution in [1.29, 1.82) is 0 Å². The van der Waals surface area contributed by atoms with E-state index in [2.05, 4.69) is 31.0 Å². The van der Waals surface area contributed by atoms with Gasteiger partial charge in [0, 0.05) is 12.1 Å². The second-order valence-corrected chi connectivity index (χ2v) is 6.36. The smallest absolute Gasteiger partial charge is 0.278 e. The molecule has 0 aliphatic rings.